The van der Waals surface area contributed by atoms with E-state index in [4.69, 9.17) is 0 Å². The molecule has 0 saturated carbocycles. The van der Waals surface area contributed by atoms with E-state index in [1.165, 1.54) is 17.7 Å². The minimum Gasteiger partial charge on any atom is -0.335 e. The van der Waals surface area contributed by atoms with E-state index >= 15 is 0 Å². The summed E-state index contributed by atoms with van der Waals surface area (Å²) in [5, 5.41) is 5.65. The van der Waals surface area contributed by atoms with Gasteiger partial charge in [0.25, 0.3) is 0 Å². The highest BCUT2D eigenvalue weighted by Gasteiger charge is 2.44. The van der Waals surface area contributed by atoms with Crippen LogP contribution in [0.5, 0.6) is 0 Å². The van der Waals surface area contributed by atoms with Gasteiger partial charge in [-0.15, -0.1) is 11.3 Å². The van der Waals surface area contributed by atoms with Crippen molar-refractivity contribution < 1.29 is 4.79 Å². The van der Waals surface area contributed by atoms with Gasteiger partial charge in [0, 0.05) is 23.0 Å². The van der Waals surface area contributed by atoms with Crippen molar-refractivity contribution in [1.29, 1.82) is 0 Å². The molecule has 1 aromatic heterocycles. The van der Waals surface area contributed by atoms with Crippen LogP contribution in [0, 0.1) is 5.92 Å². The fraction of sp³-hybridized carbons (Fsp3) is 0.667. The largest absolute Gasteiger partial charge is 0.335 e. The number of carbonyl (C=O) groups is 1. The number of hydrogen-bond donors (Lipinski definition) is 1. The minimum atomic E-state index is 0.209. The fourth-order valence-corrected chi connectivity index (χ4v) is 4.10. The molecular formula is C15H22N2OS. The van der Waals surface area contributed by atoms with Crippen LogP contribution in [-0.4, -0.2) is 28.9 Å². The van der Waals surface area contributed by atoms with E-state index in [0.29, 0.717) is 18.0 Å². The third kappa shape index (κ3) is 2.56. The summed E-state index contributed by atoms with van der Waals surface area (Å²) in [6.45, 7) is 5.00. The molecule has 3 atom stereocenters. The van der Waals surface area contributed by atoms with E-state index < -0.39 is 0 Å². The molecule has 0 radical (unpaired) electrons. The Balaban J connectivity index is 1.71. The quantitative estimate of drug-likeness (QED) is 0.918. The zero-order chi connectivity index (χ0) is 13.4. The Bertz CT molecular complexity index is 443. The maximum atomic E-state index is 12.8. The molecule has 3 rings (SSSR count). The lowest BCUT2D eigenvalue weighted by Crippen LogP contribution is -2.43. The van der Waals surface area contributed by atoms with E-state index in [1.807, 2.05) is 0 Å². The molecule has 1 N–H and O–H groups in total. The summed E-state index contributed by atoms with van der Waals surface area (Å²) in [7, 11) is 0. The first-order valence-corrected chi connectivity index (χ1v) is 8.12. The highest BCUT2D eigenvalue weighted by atomic mass is 32.1. The van der Waals surface area contributed by atoms with Crippen LogP contribution < -0.4 is 5.32 Å². The Morgan fingerprint density at radius 2 is 2.37 bits per heavy atom. The van der Waals surface area contributed by atoms with Gasteiger partial charge in [0.05, 0.1) is 12.5 Å². The number of carbonyl (C=O) groups excluding carboxylic acids is 1. The molecule has 2 aliphatic heterocycles. The normalized spacial score (nSPS) is 29.1. The number of fused-ring (bicyclic) bond motifs is 2. The molecule has 19 heavy (non-hydrogen) atoms. The number of rotatable bonds is 4. The van der Waals surface area contributed by atoms with Crippen LogP contribution in [0.25, 0.3) is 0 Å². The van der Waals surface area contributed by atoms with Gasteiger partial charge in [0.1, 0.15) is 0 Å². The second-order valence-corrected chi connectivity index (χ2v) is 7.06. The van der Waals surface area contributed by atoms with Gasteiger partial charge in [-0.1, -0.05) is 6.07 Å². The van der Waals surface area contributed by atoms with Gasteiger partial charge in [-0.3, -0.25) is 4.79 Å². The van der Waals surface area contributed by atoms with Gasteiger partial charge in [-0.05, 0) is 44.6 Å². The lowest BCUT2D eigenvalue weighted by atomic mass is 9.88. The van der Waals surface area contributed by atoms with Crippen molar-refractivity contribution in [3.8, 4) is 0 Å². The van der Waals surface area contributed by atoms with E-state index in [1.54, 1.807) is 11.3 Å². The topological polar surface area (TPSA) is 32.3 Å². The molecule has 3 unspecified atom stereocenters. The standard InChI is InChI=1S/C15H22N2OS/c1-10(2)17(9-12-4-3-7-19-12)15(18)13-8-11-5-6-14(13)16-11/h3-4,7,10-11,13-14,16H,5-6,8-9H2,1-2H3. The molecule has 1 aromatic rings. The van der Waals surface area contributed by atoms with E-state index in [0.717, 1.165) is 13.0 Å². The van der Waals surface area contributed by atoms with Crippen LogP contribution in [0.15, 0.2) is 17.5 Å². The molecule has 1 amide bonds. The third-order valence-electron chi connectivity index (χ3n) is 4.43. The fourth-order valence-electron chi connectivity index (χ4n) is 3.40. The third-order valence-corrected chi connectivity index (χ3v) is 5.29. The molecule has 2 bridgehead atoms. The van der Waals surface area contributed by atoms with Crippen LogP contribution in [0.2, 0.25) is 0 Å². The second kappa shape index (κ2) is 5.25. The number of nitrogens with zero attached hydrogens (tertiary/aromatic N) is 1. The minimum absolute atomic E-state index is 0.209. The van der Waals surface area contributed by atoms with Gasteiger partial charge < -0.3 is 10.2 Å². The predicted molar refractivity (Wildman–Crippen MR) is 78.1 cm³/mol. The molecule has 104 valence electrons. The van der Waals surface area contributed by atoms with E-state index in [2.05, 4.69) is 41.6 Å². The smallest absolute Gasteiger partial charge is 0.227 e. The van der Waals surface area contributed by atoms with E-state index in [9.17, 15) is 4.79 Å². The molecule has 3 heterocycles. The molecular weight excluding hydrogens is 256 g/mol. The van der Waals surface area contributed by atoms with Crippen LogP contribution in [-0.2, 0) is 11.3 Å². The van der Waals surface area contributed by atoms with Gasteiger partial charge in [-0.2, -0.15) is 0 Å². The first-order chi connectivity index (χ1) is 9.15. The maximum Gasteiger partial charge on any atom is 0.227 e. The average molecular weight is 278 g/mol. The molecule has 3 nitrogen and oxygen atoms in total. The zero-order valence-electron chi connectivity index (χ0n) is 11.6. The SMILES string of the molecule is CC(C)N(Cc1cccs1)C(=O)C1CC2CCC1N2. The van der Waals surface area contributed by atoms with Crippen LogP contribution >= 0.6 is 11.3 Å². The van der Waals surface area contributed by atoms with Crippen molar-refractivity contribution in [2.75, 3.05) is 0 Å². The lowest BCUT2D eigenvalue weighted by Gasteiger charge is -2.31. The molecule has 2 fully saturated rings. The summed E-state index contributed by atoms with van der Waals surface area (Å²) in [6.07, 6.45) is 3.46. The first kappa shape index (κ1) is 13.1. The Morgan fingerprint density at radius 1 is 1.53 bits per heavy atom. The first-order valence-electron chi connectivity index (χ1n) is 7.24. The van der Waals surface area contributed by atoms with Gasteiger partial charge in [0.15, 0.2) is 0 Å². The maximum absolute atomic E-state index is 12.8. The van der Waals surface area contributed by atoms with Crippen LogP contribution in [0.3, 0.4) is 0 Å². The zero-order valence-corrected chi connectivity index (χ0v) is 12.5. The predicted octanol–water partition coefficient (Wildman–Crippen LogP) is 2.63. The van der Waals surface area contributed by atoms with Crippen molar-refractivity contribution in [2.24, 2.45) is 5.92 Å². The van der Waals surface area contributed by atoms with Crippen LogP contribution in [0.1, 0.15) is 38.0 Å². The lowest BCUT2D eigenvalue weighted by molar-refractivity contribution is -0.138. The number of nitrogens with one attached hydrogen (secondary N) is 1. The summed E-state index contributed by atoms with van der Waals surface area (Å²) in [4.78, 5) is 16.1. The summed E-state index contributed by atoms with van der Waals surface area (Å²) in [5.74, 6) is 0.559. The summed E-state index contributed by atoms with van der Waals surface area (Å²) in [6, 6.07) is 5.47. The van der Waals surface area contributed by atoms with E-state index in [-0.39, 0.29) is 12.0 Å². The molecule has 0 aromatic carbocycles. The molecule has 0 spiro atoms. The highest BCUT2D eigenvalue weighted by Crippen LogP contribution is 2.35. The van der Waals surface area contributed by atoms with Crippen molar-refractivity contribution in [3.05, 3.63) is 22.4 Å². The number of thiophene rings is 1. The Hall–Kier alpha value is -0.870. The molecule has 2 saturated heterocycles. The summed E-state index contributed by atoms with van der Waals surface area (Å²) in [5.41, 5.74) is 0. The second-order valence-electron chi connectivity index (χ2n) is 6.03. The molecule has 0 aliphatic carbocycles. The van der Waals surface area contributed by atoms with Crippen LogP contribution in [0.4, 0.5) is 0 Å². The molecule has 4 heteroatoms. The Morgan fingerprint density at radius 3 is 2.89 bits per heavy atom. The van der Waals surface area contributed by atoms with Crippen molar-refractivity contribution in [2.45, 2.75) is 57.8 Å². The number of amides is 1. The van der Waals surface area contributed by atoms with Crippen molar-refractivity contribution >= 4 is 17.2 Å². The average Bonchev–Trinajstić information content (AvgIpc) is 3.11. The summed E-state index contributed by atoms with van der Waals surface area (Å²) < 4.78 is 0. The Kier molecular flexibility index (Phi) is 3.63. The number of hydrogen-bond acceptors (Lipinski definition) is 3. The molecule has 2 aliphatic rings. The highest BCUT2D eigenvalue weighted by molar-refractivity contribution is 7.09. The summed E-state index contributed by atoms with van der Waals surface area (Å²) >= 11 is 1.73. The van der Waals surface area contributed by atoms with Gasteiger partial charge >= 0.3 is 0 Å². The van der Waals surface area contributed by atoms with Crippen molar-refractivity contribution in [1.82, 2.24) is 10.2 Å². The van der Waals surface area contributed by atoms with Crippen molar-refractivity contribution in [3.63, 3.8) is 0 Å². The Labute approximate surface area is 119 Å². The van der Waals surface area contributed by atoms with Gasteiger partial charge in [-0.25, -0.2) is 0 Å². The van der Waals surface area contributed by atoms with Gasteiger partial charge in [0.2, 0.25) is 5.91 Å². The monoisotopic (exact) mass is 278 g/mol.